The summed E-state index contributed by atoms with van der Waals surface area (Å²) in [5.41, 5.74) is 0.116. The van der Waals surface area contributed by atoms with E-state index < -0.39 is 17.6 Å². The van der Waals surface area contributed by atoms with E-state index in [2.05, 4.69) is 0 Å². The van der Waals surface area contributed by atoms with E-state index in [-0.39, 0.29) is 11.3 Å². The van der Waals surface area contributed by atoms with Gasteiger partial charge in [0.1, 0.15) is 17.6 Å². The second kappa shape index (κ2) is 6.60. The van der Waals surface area contributed by atoms with Crippen molar-refractivity contribution in [3.63, 3.8) is 0 Å². The molecule has 1 unspecified atom stereocenters. The van der Waals surface area contributed by atoms with Crippen LogP contribution in [0.1, 0.15) is 50.0 Å². The zero-order chi connectivity index (χ0) is 14.5. The first-order valence-electron chi connectivity index (χ1n) is 6.98. The minimum Gasteiger partial charge on any atom is -0.298 e. The smallest absolute Gasteiger partial charge is 0.154 e. The Morgan fingerprint density at radius 3 is 2.35 bits per heavy atom. The van der Waals surface area contributed by atoms with Crippen LogP contribution in [0.3, 0.4) is 0 Å². The van der Waals surface area contributed by atoms with E-state index in [0.717, 1.165) is 43.9 Å². The second-order valence-corrected chi connectivity index (χ2v) is 5.44. The Hall–Kier alpha value is -1.76. The third-order valence-electron chi connectivity index (χ3n) is 3.88. The number of halogens is 2. The average molecular weight is 277 g/mol. The van der Waals surface area contributed by atoms with Crippen LogP contribution in [0.4, 0.5) is 8.78 Å². The lowest BCUT2D eigenvalue weighted by atomic mass is 9.82. The lowest BCUT2D eigenvalue weighted by Gasteiger charge is -2.21. The second-order valence-electron chi connectivity index (χ2n) is 5.44. The van der Waals surface area contributed by atoms with Gasteiger partial charge in [-0.05, 0) is 23.6 Å². The number of hydrogen-bond acceptors (Lipinski definition) is 2. The van der Waals surface area contributed by atoms with Crippen molar-refractivity contribution in [2.24, 2.45) is 5.92 Å². The molecule has 0 amide bonds. The standard InChI is InChI=1S/C16H17F2NO/c17-13-7-12(8-14(18)9-13)15(10-19)16(20)6-11-4-2-1-3-5-11/h7-9,11,15H,1-6H2. The van der Waals surface area contributed by atoms with Crippen molar-refractivity contribution in [2.75, 3.05) is 0 Å². The molecule has 1 aliphatic rings. The molecule has 2 nitrogen and oxygen atoms in total. The zero-order valence-electron chi connectivity index (χ0n) is 11.2. The molecule has 0 N–H and O–H groups in total. The van der Waals surface area contributed by atoms with E-state index in [1.54, 1.807) is 0 Å². The fourth-order valence-corrected chi connectivity index (χ4v) is 2.87. The Labute approximate surface area is 117 Å². The number of benzene rings is 1. The Morgan fingerprint density at radius 2 is 1.80 bits per heavy atom. The quantitative estimate of drug-likeness (QED) is 0.831. The molecular weight excluding hydrogens is 260 g/mol. The number of hydrogen-bond donors (Lipinski definition) is 0. The van der Waals surface area contributed by atoms with Crippen LogP contribution in [0.25, 0.3) is 0 Å². The molecule has 0 bridgehead atoms. The Balaban J connectivity index is 2.10. The molecule has 1 saturated carbocycles. The van der Waals surface area contributed by atoms with Crippen molar-refractivity contribution in [1.82, 2.24) is 0 Å². The molecule has 1 aromatic rings. The lowest BCUT2D eigenvalue weighted by molar-refractivity contribution is -0.120. The minimum absolute atomic E-state index is 0.116. The highest BCUT2D eigenvalue weighted by Crippen LogP contribution is 2.29. The molecule has 2 rings (SSSR count). The van der Waals surface area contributed by atoms with Gasteiger partial charge in [-0.3, -0.25) is 4.79 Å². The molecule has 1 aromatic carbocycles. The molecule has 20 heavy (non-hydrogen) atoms. The SMILES string of the molecule is N#CC(C(=O)CC1CCCCC1)c1cc(F)cc(F)c1. The largest absolute Gasteiger partial charge is 0.298 e. The van der Waals surface area contributed by atoms with Crippen LogP contribution >= 0.6 is 0 Å². The number of carbonyl (C=O) groups excluding carboxylic acids is 1. The highest BCUT2D eigenvalue weighted by Gasteiger charge is 2.25. The maximum absolute atomic E-state index is 13.2. The maximum atomic E-state index is 13.2. The Morgan fingerprint density at radius 1 is 1.20 bits per heavy atom. The molecule has 1 aliphatic carbocycles. The molecule has 0 aliphatic heterocycles. The van der Waals surface area contributed by atoms with Gasteiger partial charge >= 0.3 is 0 Å². The number of carbonyl (C=O) groups is 1. The van der Waals surface area contributed by atoms with Gasteiger partial charge in [-0.2, -0.15) is 5.26 Å². The number of nitriles is 1. The molecule has 0 heterocycles. The summed E-state index contributed by atoms with van der Waals surface area (Å²) < 4.78 is 26.4. The van der Waals surface area contributed by atoms with Crippen LogP contribution in [0.2, 0.25) is 0 Å². The highest BCUT2D eigenvalue weighted by molar-refractivity contribution is 5.88. The van der Waals surface area contributed by atoms with Gasteiger partial charge in [-0.15, -0.1) is 0 Å². The summed E-state index contributed by atoms with van der Waals surface area (Å²) in [6.45, 7) is 0. The summed E-state index contributed by atoms with van der Waals surface area (Å²) in [5, 5.41) is 9.15. The predicted molar refractivity (Wildman–Crippen MR) is 70.9 cm³/mol. The summed E-state index contributed by atoms with van der Waals surface area (Å²) in [6, 6.07) is 4.75. The van der Waals surface area contributed by atoms with E-state index in [4.69, 9.17) is 5.26 Å². The topological polar surface area (TPSA) is 40.9 Å². The van der Waals surface area contributed by atoms with Crippen LogP contribution in [0.5, 0.6) is 0 Å². The van der Waals surface area contributed by atoms with Crippen molar-refractivity contribution in [3.05, 3.63) is 35.4 Å². The molecule has 0 spiro atoms. The number of Topliss-reactive ketones (excluding diaryl/α,β-unsaturated/α-hetero) is 1. The van der Waals surface area contributed by atoms with E-state index in [1.807, 2.05) is 6.07 Å². The fraction of sp³-hybridized carbons (Fsp3) is 0.500. The first-order chi connectivity index (χ1) is 9.60. The van der Waals surface area contributed by atoms with Crippen molar-refractivity contribution in [1.29, 1.82) is 5.26 Å². The molecule has 1 fully saturated rings. The first-order valence-corrected chi connectivity index (χ1v) is 6.98. The van der Waals surface area contributed by atoms with Gasteiger partial charge < -0.3 is 0 Å². The molecule has 0 saturated heterocycles. The minimum atomic E-state index is -1.07. The van der Waals surface area contributed by atoms with E-state index >= 15 is 0 Å². The summed E-state index contributed by atoms with van der Waals surface area (Å²) in [5.74, 6) is -2.51. The lowest BCUT2D eigenvalue weighted by Crippen LogP contribution is -2.17. The van der Waals surface area contributed by atoms with Gasteiger partial charge in [0.15, 0.2) is 5.78 Å². The van der Waals surface area contributed by atoms with Crippen molar-refractivity contribution >= 4 is 5.78 Å². The molecule has 0 radical (unpaired) electrons. The van der Waals surface area contributed by atoms with Crippen molar-refractivity contribution in [2.45, 2.75) is 44.4 Å². The molecular formula is C16H17F2NO. The molecule has 4 heteroatoms. The first kappa shape index (κ1) is 14.6. The van der Waals surface area contributed by atoms with E-state index in [0.29, 0.717) is 12.3 Å². The van der Waals surface area contributed by atoms with E-state index in [9.17, 15) is 13.6 Å². The van der Waals surface area contributed by atoms with E-state index in [1.165, 1.54) is 6.42 Å². The van der Waals surface area contributed by atoms with Crippen LogP contribution in [-0.2, 0) is 4.79 Å². The summed E-state index contributed by atoms with van der Waals surface area (Å²) in [7, 11) is 0. The monoisotopic (exact) mass is 277 g/mol. The Bertz CT molecular complexity index is 510. The molecule has 1 atom stereocenters. The van der Waals surface area contributed by atoms with Gasteiger partial charge in [0.05, 0.1) is 6.07 Å². The van der Waals surface area contributed by atoms with Crippen molar-refractivity contribution < 1.29 is 13.6 Å². The van der Waals surface area contributed by atoms with Crippen LogP contribution < -0.4 is 0 Å². The van der Waals surface area contributed by atoms with Crippen LogP contribution in [0.15, 0.2) is 18.2 Å². The van der Waals surface area contributed by atoms with Gasteiger partial charge in [-0.1, -0.05) is 32.1 Å². The third-order valence-corrected chi connectivity index (χ3v) is 3.88. The number of nitrogens with zero attached hydrogens (tertiary/aromatic N) is 1. The van der Waals surface area contributed by atoms with Crippen LogP contribution in [0, 0.1) is 28.9 Å². The average Bonchev–Trinajstić information content (AvgIpc) is 2.39. The number of rotatable bonds is 4. The normalized spacial score (nSPS) is 17.4. The highest BCUT2D eigenvalue weighted by atomic mass is 19.1. The maximum Gasteiger partial charge on any atom is 0.154 e. The number of ketones is 1. The van der Waals surface area contributed by atoms with Crippen LogP contribution in [-0.4, -0.2) is 5.78 Å². The molecule has 0 aromatic heterocycles. The predicted octanol–water partition coefficient (Wildman–Crippen LogP) is 4.11. The zero-order valence-corrected chi connectivity index (χ0v) is 11.2. The summed E-state index contributed by atoms with van der Waals surface area (Å²) in [4.78, 5) is 12.2. The van der Waals surface area contributed by atoms with Gasteiger partial charge in [-0.25, -0.2) is 8.78 Å². The van der Waals surface area contributed by atoms with Gasteiger partial charge in [0.2, 0.25) is 0 Å². The van der Waals surface area contributed by atoms with Gasteiger partial charge in [0, 0.05) is 12.5 Å². The third kappa shape index (κ3) is 3.63. The Kier molecular flexibility index (Phi) is 4.84. The molecule has 106 valence electrons. The van der Waals surface area contributed by atoms with Crippen molar-refractivity contribution in [3.8, 4) is 6.07 Å². The fourth-order valence-electron chi connectivity index (χ4n) is 2.87. The summed E-state index contributed by atoms with van der Waals surface area (Å²) in [6.07, 6.45) is 5.76. The summed E-state index contributed by atoms with van der Waals surface area (Å²) >= 11 is 0. The van der Waals surface area contributed by atoms with Gasteiger partial charge in [0.25, 0.3) is 0 Å².